The second kappa shape index (κ2) is 13.6. The third-order valence-electron chi connectivity index (χ3n) is 5.88. The Kier molecular flexibility index (Phi) is 9.78. The molecule has 0 bridgehead atoms. The third kappa shape index (κ3) is 8.09. The van der Waals surface area contributed by atoms with Crippen LogP contribution in [0.15, 0.2) is 114 Å². The molecule has 4 aromatic carbocycles. The first kappa shape index (κ1) is 28.7. The first-order valence-electron chi connectivity index (χ1n) is 12.5. The number of rotatable bonds is 10. The van der Waals surface area contributed by atoms with E-state index in [1.807, 2.05) is 55.4 Å². The molecule has 0 unspecified atom stereocenters. The van der Waals surface area contributed by atoms with E-state index in [1.54, 1.807) is 72.8 Å². The van der Waals surface area contributed by atoms with Crippen LogP contribution in [0, 0.1) is 0 Å². The van der Waals surface area contributed by atoms with Crippen LogP contribution in [0.2, 0.25) is 5.02 Å². The first-order valence-corrected chi connectivity index (χ1v) is 13.8. The van der Waals surface area contributed by atoms with Gasteiger partial charge in [-0.25, -0.2) is 0 Å². The summed E-state index contributed by atoms with van der Waals surface area (Å²) in [7, 11) is 3.90. The summed E-state index contributed by atoms with van der Waals surface area (Å²) in [5.41, 5.74) is 3.44. The second-order valence-corrected chi connectivity index (χ2v) is 10.6. The van der Waals surface area contributed by atoms with Gasteiger partial charge in [0.05, 0.1) is 5.75 Å². The molecular formula is C32H28ClN3O3S. The van der Waals surface area contributed by atoms with E-state index in [4.69, 9.17) is 11.6 Å². The standard InChI is InChI=1S/C32H28ClN3O3S/c1-36(2)27-17-11-22(12-18-27)19-29(35-31(38)24-7-4-3-5-8-24)32(39)34-26-9-6-10-28(20-26)40-21-30(37)23-13-15-25(33)16-14-23/h3-20H,21H2,1-2H3,(H,34,39)(H,35,38)/b29-19-. The maximum atomic E-state index is 13.4. The third-order valence-corrected chi connectivity index (χ3v) is 7.12. The number of carbonyl (C=O) groups is 3. The van der Waals surface area contributed by atoms with Crippen molar-refractivity contribution in [2.75, 3.05) is 30.1 Å². The molecule has 0 radical (unpaired) electrons. The quantitative estimate of drug-likeness (QED) is 0.125. The molecule has 202 valence electrons. The Morgan fingerprint density at radius 1 is 0.825 bits per heavy atom. The number of ketones is 1. The summed E-state index contributed by atoms with van der Waals surface area (Å²) < 4.78 is 0. The molecule has 0 aliphatic carbocycles. The van der Waals surface area contributed by atoms with Crippen LogP contribution >= 0.6 is 23.4 Å². The van der Waals surface area contributed by atoms with Gasteiger partial charge in [0.15, 0.2) is 5.78 Å². The molecule has 6 nitrogen and oxygen atoms in total. The highest BCUT2D eigenvalue weighted by atomic mass is 35.5. The molecule has 40 heavy (non-hydrogen) atoms. The lowest BCUT2D eigenvalue weighted by molar-refractivity contribution is -0.113. The van der Waals surface area contributed by atoms with E-state index in [9.17, 15) is 14.4 Å². The minimum Gasteiger partial charge on any atom is -0.378 e. The number of halogens is 1. The van der Waals surface area contributed by atoms with Gasteiger partial charge in [0.1, 0.15) is 5.70 Å². The van der Waals surface area contributed by atoms with Crippen molar-refractivity contribution in [2.45, 2.75) is 4.90 Å². The summed E-state index contributed by atoms with van der Waals surface area (Å²) in [6.45, 7) is 0. The topological polar surface area (TPSA) is 78.5 Å². The summed E-state index contributed by atoms with van der Waals surface area (Å²) in [6.07, 6.45) is 1.64. The number of hydrogen-bond acceptors (Lipinski definition) is 5. The lowest BCUT2D eigenvalue weighted by Gasteiger charge is -2.14. The Labute approximate surface area is 243 Å². The Balaban J connectivity index is 1.50. The van der Waals surface area contributed by atoms with Gasteiger partial charge in [-0.05, 0) is 78.4 Å². The lowest BCUT2D eigenvalue weighted by Crippen LogP contribution is -2.30. The zero-order valence-corrected chi connectivity index (χ0v) is 23.6. The predicted molar refractivity (Wildman–Crippen MR) is 164 cm³/mol. The molecule has 4 aromatic rings. The maximum Gasteiger partial charge on any atom is 0.272 e. The highest BCUT2D eigenvalue weighted by molar-refractivity contribution is 8.00. The number of thioether (sulfide) groups is 1. The Hall–Kier alpha value is -4.33. The molecule has 0 saturated heterocycles. The summed E-state index contributed by atoms with van der Waals surface area (Å²) in [5.74, 6) is -0.650. The summed E-state index contributed by atoms with van der Waals surface area (Å²) in [6, 6.07) is 30.3. The first-order chi connectivity index (χ1) is 19.3. The van der Waals surface area contributed by atoms with E-state index >= 15 is 0 Å². The second-order valence-electron chi connectivity index (χ2n) is 9.06. The molecule has 4 rings (SSSR count). The fourth-order valence-electron chi connectivity index (χ4n) is 3.71. The van der Waals surface area contributed by atoms with E-state index in [0.29, 0.717) is 21.8 Å². The number of nitrogens with zero attached hydrogens (tertiary/aromatic N) is 1. The van der Waals surface area contributed by atoms with Crippen LogP contribution in [0.3, 0.4) is 0 Å². The van der Waals surface area contributed by atoms with Crippen LogP contribution in [0.4, 0.5) is 11.4 Å². The van der Waals surface area contributed by atoms with Crippen LogP contribution in [0.5, 0.6) is 0 Å². The number of amides is 2. The molecule has 0 aromatic heterocycles. The monoisotopic (exact) mass is 569 g/mol. The van der Waals surface area contributed by atoms with Crippen LogP contribution in [-0.4, -0.2) is 37.4 Å². The van der Waals surface area contributed by atoms with Crippen LogP contribution in [-0.2, 0) is 4.79 Å². The molecule has 0 heterocycles. The van der Waals surface area contributed by atoms with Crippen molar-refractivity contribution in [3.8, 4) is 0 Å². The number of hydrogen-bond donors (Lipinski definition) is 2. The molecule has 0 spiro atoms. The van der Waals surface area contributed by atoms with Crippen LogP contribution in [0.1, 0.15) is 26.3 Å². The predicted octanol–water partition coefficient (Wildman–Crippen LogP) is 6.79. The molecule has 0 aliphatic heterocycles. The van der Waals surface area contributed by atoms with Gasteiger partial charge in [-0.15, -0.1) is 11.8 Å². The van der Waals surface area contributed by atoms with Gasteiger partial charge in [-0.3, -0.25) is 14.4 Å². The summed E-state index contributed by atoms with van der Waals surface area (Å²) in [5, 5.41) is 6.20. The van der Waals surface area contributed by atoms with Gasteiger partial charge < -0.3 is 15.5 Å². The van der Waals surface area contributed by atoms with E-state index in [2.05, 4.69) is 10.6 Å². The molecule has 2 N–H and O–H groups in total. The molecular weight excluding hydrogens is 542 g/mol. The van der Waals surface area contributed by atoms with Crippen LogP contribution in [0.25, 0.3) is 6.08 Å². The molecule has 0 atom stereocenters. The average Bonchev–Trinajstić information content (AvgIpc) is 2.97. The van der Waals surface area contributed by atoms with Gasteiger partial charge in [-0.1, -0.05) is 48.0 Å². The lowest BCUT2D eigenvalue weighted by atomic mass is 10.1. The van der Waals surface area contributed by atoms with Gasteiger partial charge >= 0.3 is 0 Å². The summed E-state index contributed by atoms with van der Waals surface area (Å²) >= 11 is 7.28. The van der Waals surface area contributed by atoms with Gasteiger partial charge in [0.25, 0.3) is 11.8 Å². The minimum atomic E-state index is -0.472. The van der Waals surface area contributed by atoms with Crippen molar-refractivity contribution in [1.29, 1.82) is 0 Å². The molecule has 2 amide bonds. The van der Waals surface area contributed by atoms with Crippen molar-refractivity contribution in [3.05, 3.63) is 131 Å². The van der Waals surface area contributed by atoms with Gasteiger partial charge in [0, 0.05) is 46.5 Å². The number of Topliss-reactive ketones (excluding diaryl/α,β-unsaturated/α-hetero) is 1. The largest absolute Gasteiger partial charge is 0.378 e. The van der Waals surface area contributed by atoms with Crippen molar-refractivity contribution in [3.63, 3.8) is 0 Å². The molecule has 0 aliphatic rings. The number of benzene rings is 4. The van der Waals surface area contributed by atoms with E-state index in [-0.39, 0.29) is 17.2 Å². The smallest absolute Gasteiger partial charge is 0.272 e. The molecule has 8 heteroatoms. The summed E-state index contributed by atoms with van der Waals surface area (Å²) in [4.78, 5) is 41.6. The minimum absolute atomic E-state index is 0.0229. The Morgan fingerprint density at radius 2 is 1.52 bits per heavy atom. The van der Waals surface area contributed by atoms with E-state index in [1.165, 1.54) is 11.8 Å². The molecule has 0 saturated carbocycles. The Morgan fingerprint density at radius 3 is 2.20 bits per heavy atom. The van der Waals surface area contributed by atoms with Crippen molar-refractivity contribution in [2.24, 2.45) is 0 Å². The zero-order valence-electron chi connectivity index (χ0n) is 22.1. The SMILES string of the molecule is CN(C)c1ccc(/C=C(\NC(=O)c2ccccc2)C(=O)Nc2cccc(SCC(=O)c3ccc(Cl)cc3)c2)cc1. The van der Waals surface area contributed by atoms with Crippen molar-refractivity contribution < 1.29 is 14.4 Å². The van der Waals surface area contributed by atoms with E-state index in [0.717, 1.165) is 16.1 Å². The van der Waals surface area contributed by atoms with Crippen molar-refractivity contribution in [1.82, 2.24) is 5.32 Å². The van der Waals surface area contributed by atoms with Gasteiger partial charge in [0.2, 0.25) is 0 Å². The average molecular weight is 570 g/mol. The Bertz CT molecular complexity index is 1520. The van der Waals surface area contributed by atoms with Crippen molar-refractivity contribution >= 4 is 58.4 Å². The number of carbonyl (C=O) groups excluding carboxylic acids is 3. The molecule has 0 fully saturated rings. The fraction of sp³-hybridized carbons (Fsp3) is 0.0938. The number of nitrogens with one attached hydrogen (secondary N) is 2. The zero-order chi connectivity index (χ0) is 28.5. The van der Waals surface area contributed by atoms with E-state index < -0.39 is 11.8 Å². The fourth-order valence-corrected chi connectivity index (χ4v) is 4.68. The van der Waals surface area contributed by atoms with Crippen LogP contribution < -0.4 is 15.5 Å². The van der Waals surface area contributed by atoms with Gasteiger partial charge in [-0.2, -0.15) is 0 Å². The number of anilines is 2. The normalized spacial score (nSPS) is 11.0. The highest BCUT2D eigenvalue weighted by Crippen LogP contribution is 2.24. The maximum absolute atomic E-state index is 13.4. The highest BCUT2D eigenvalue weighted by Gasteiger charge is 2.16.